The molecule has 0 spiro atoms. The monoisotopic (exact) mass is 209 g/mol. The van der Waals surface area contributed by atoms with Gasteiger partial charge < -0.3 is 10.3 Å². The molecule has 0 saturated heterocycles. The van der Waals surface area contributed by atoms with E-state index in [4.69, 9.17) is 10.3 Å². The van der Waals surface area contributed by atoms with Crippen molar-refractivity contribution in [3.63, 3.8) is 0 Å². The first-order chi connectivity index (χ1) is 6.82. The minimum Gasteiger partial charge on any atom is -0.387 e. The Morgan fingerprint density at radius 2 is 2.00 bits per heavy atom. The highest BCUT2D eigenvalue weighted by Crippen LogP contribution is 2.16. The summed E-state index contributed by atoms with van der Waals surface area (Å²) in [5.41, 5.74) is 7.70. The van der Waals surface area contributed by atoms with Gasteiger partial charge in [0.15, 0.2) is 0 Å². The minimum absolute atomic E-state index is 0.0844. The van der Waals surface area contributed by atoms with Crippen molar-refractivity contribution in [1.29, 1.82) is 0 Å². The topological polar surface area (TPSA) is 64.4 Å². The van der Waals surface area contributed by atoms with Crippen LogP contribution in [0.4, 0.5) is 0 Å². The first-order valence-electron chi connectivity index (χ1n) is 5.04. The molecule has 0 aromatic carbocycles. The third-order valence-electron chi connectivity index (χ3n) is 2.36. The van der Waals surface area contributed by atoms with Crippen molar-refractivity contribution < 1.29 is 4.52 Å². The lowest BCUT2D eigenvalue weighted by atomic mass is 9.95. The van der Waals surface area contributed by atoms with E-state index in [0.29, 0.717) is 12.4 Å². The second kappa shape index (κ2) is 4.04. The molecule has 15 heavy (non-hydrogen) atoms. The van der Waals surface area contributed by atoms with E-state index in [1.807, 2.05) is 34.6 Å². The van der Waals surface area contributed by atoms with Crippen molar-refractivity contribution in [3.8, 4) is 0 Å². The lowest BCUT2D eigenvalue weighted by molar-refractivity contribution is 0.392. The summed E-state index contributed by atoms with van der Waals surface area (Å²) < 4.78 is 5.05. The average molecular weight is 209 g/mol. The molecule has 0 aliphatic carbocycles. The molecule has 0 saturated carbocycles. The first-order valence-corrected chi connectivity index (χ1v) is 5.04. The number of aliphatic imine (C=N–C) groups is 1. The summed E-state index contributed by atoms with van der Waals surface area (Å²) in [7, 11) is 0. The number of hydrogen-bond acceptors (Lipinski definition) is 3. The molecular formula is C11H19N3O. The largest absolute Gasteiger partial charge is 0.387 e. The number of nitrogens with two attached hydrogens (primary N) is 1. The van der Waals surface area contributed by atoms with E-state index in [1.54, 1.807) is 0 Å². The Morgan fingerprint density at radius 3 is 2.40 bits per heavy atom. The third-order valence-corrected chi connectivity index (χ3v) is 2.36. The first kappa shape index (κ1) is 11.8. The molecule has 1 rings (SSSR count). The Bertz CT molecular complexity index is 352. The molecule has 4 heteroatoms. The standard InChI is InChI=1S/C11H19N3O/c1-7-9(8(2)15-14-7)6-13-10(12)11(3,4)5/h6H2,1-5H3,(H2,12,13). The Kier molecular flexibility index (Phi) is 3.17. The van der Waals surface area contributed by atoms with Crippen molar-refractivity contribution in [2.45, 2.75) is 41.2 Å². The molecule has 0 amide bonds. The van der Waals surface area contributed by atoms with Gasteiger partial charge >= 0.3 is 0 Å². The van der Waals surface area contributed by atoms with E-state index in [9.17, 15) is 0 Å². The van der Waals surface area contributed by atoms with Gasteiger partial charge in [-0.25, -0.2) is 0 Å². The van der Waals surface area contributed by atoms with Gasteiger partial charge in [-0.05, 0) is 13.8 Å². The summed E-state index contributed by atoms with van der Waals surface area (Å²) in [4.78, 5) is 4.35. The maximum atomic E-state index is 5.87. The SMILES string of the molecule is Cc1noc(C)c1CN=C(N)C(C)(C)C. The van der Waals surface area contributed by atoms with Crippen LogP contribution in [0, 0.1) is 19.3 Å². The van der Waals surface area contributed by atoms with Crippen LogP contribution in [0.1, 0.15) is 37.8 Å². The molecule has 0 atom stereocenters. The van der Waals surface area contributed by atoms with E-state index in [2.05, 4.69) is 10.1 Å². The summed E-state index contributed by atoms with van der Waals surface area (Å²) in [6.45, 7) is 10.5. The third kappa shape index (κ3) is 2.81. The van der Waals surface area contributed by atoms with E-state index in [-0.39, 0.29) is 5.41 Å². The normalized spacial score (nSPS) is 13.3. The van der Waals surface area contributed by atoms with Crippen LogP contribution in [0.15, 0.2) is 9.52 Å². The molecule has 1 heterocycles. The molecule has 0 fully saturated rings. The second-order valence-electron chi connectivity index (χ2n) is 4.75. The van der Waals surface area contributed by atoms with Crippen LogP contribution in [0.5, 0.6) is 0 Å². The molecule has 0 aliphatic rings. The smallest absolute Gasteiger partial charge is 0.138 e. The highest BCUT2D eigenvalue weighted by atomic mass is 16.5. The average Bonchev–Trinajstić information content (AvgIpc) is 2.41. The predicted molar refractivity (Wildman–Crippen MR) is 60.8 cm³/mol. The van der Waals surface area contributed by atoms with Gasteiger partial charge in [0.2, 0.25) is 0 Å². The zero-order chi connectivity index (χ0) is 11.6. The molecule has 0 aliphatic heterocycles. The van der Waals surface area contributed by atoms with Crippen LogP contribution in [0.2, 0.25) is 0 Å². The maximum Gasteiger partial charge on any atom is 0.138 e. The lowest BCUT2D eigenvalue weighted by Gasteiger charge is -2.17. The highest BCUT2D eigenvalue weighted by Gasteiger charge is 2.16. The Labute approximate surface area is 90.6 Å². The van der Waals surface area contributed by atoms with Crippen molar-refractivity contribution in [2.24, 2.45) is 16.1 Å². The molecule has 0 radical (unpaired) electrons. The van der Waals surface area contributed by atoms with Crippen molar-refractivity contribution >= 4 is 5.84 Å². The second-order valence-corrected chi connectivity index (χ2v) is 4.75. The molecular weight excluding hydrogens is 190 g/mol. The highest BCUT2D eigenvalue weighted by molar-refractivity contribution is 5.85. The fraction of sp³-hybridized carbons (Fsp3) is 0.636. The maximum absolute atomic E-state index is 5.87. The molecule has 1 aromatic heterocycles. The fourth-order valence-corrected chi connectivity index (χ4v) is 1.13. The summed E-state index contributed by atoms with van der Waals surface area (Å²) in [6.07, 6.45) is 0. The van der Waals surface area contributed by atoms with Crippen LogP contribution >= 0.6 is 0 Å². The van der Waals surface area contributed by atoms with Gasteiger partial charge in [-0.1, -0.05) is 25.9 Å². The number of rotatable bonds is 2. The number of nitrogens with zero attached hydrogens (tertiary/aromatic N) is 2. The van der Waals surface area contributed by atoms with Crippen LogP contribution in [0.3, 0.4) is 0 Å². The van der Waals surface area contributed by atoms with Gasteiger partial charge in [0.25, 0.3) is 0 Å². The van der Waals surface area contributed by atoms with Gasteiger partial charge in [0, 0.05) is 11.0 Å². The zero-order valence-electron chi connectivity index (χ0n) is 10.1. The summed E-state index contributed by atoms with van der Waals surface area (Å²) in [5, 5.41) is 3.87. The van der Waals surface area contributed by atoms with Crippen molar-refractivity contribution in [2.75, 3.05) is 0 Å². The van der Waals surface area contributed by atoms with Crippen LogP contribution in [0.25, 0.3) is 0 Å². The predicted octanol–water partition coefficient (Wildman–Crippen LogP) is 2.19. The number of amidine groups is 1. The van der Waals surface area contributed by atoms with Gasteiger partial charge in [-0.2, -0.15) is 0 Å². The summed E-state index contributed by atoms with van der Waals surface area (Å²) in [5.74, 6) is 1.47. The zero-order valence-corrected chi connectivity index (χ0v) is 10.1. The van der Waals surface area contributed by atoms with Crippen molar-refractivity contribution in [1.82, 2.24) is 5.16 Å². The quantitative estimate of drug-likeness (QED) is 0.600. The van der Waals surface area contributed by atoms with E-state index >= 15 is 0 Å². The van der Waals surface area contributed by atoms with Crippen molar-refractivity contribution in [3.05, 3.63) is 17.0 Å². The molecule has 0 unspecified atom stereocenters. The molecule has 2 N–H and O–H groups in total. The molecule has 4 nitrogen and oxygen atoms in total. The van der Waals surface area contributed by atoms with E-state index in [0.717, 1.165) is 17.0 Å². The van der Waals surface area contributed by atoms with Crippen LogP contribution in [-0.4, -0.2) is 11.0 Å². The lowest BCUT2D eigenvalue weighted by Crippen LogP contribution is -2.29. The van der Waals surface area contributed by atoms with Crippen LogP contribution in [-0.2, 0) is 6.54 Å². The van der Waals surface area contributed by atoms with Gasteiger partial charge in [-0.3, -0.25) is 4.99 Å². The number of aryl methyl sites for hydroxylation is 2. The summed E-state index contributed by atoms with van der Waals surface area (Å²) >= 11 is 0. The van der Waals surface area contributed by atoms with Crippen LogP contribution < -0.4 is 5.73 Å². The van der Waals surface area contributed by atoms with Gasteiger partial charge in [0.1, 0.15) is 5.76 Å². The van der Waals surface area contributed by atoms with Gasteiger partial charge in [0.05, 0.1) is 18.1 Å². The number of hydrogen-bond donors (Lipinski definition) is 1. The number of aromatic nitrogens is 1. The molecule has 1 aromatic rings. The van der Waals surface area contributed by atoms with E-state index < -0.39 is 0 Å². The minimum atomic E-state index is -0.0844. The Morgan fingerprint density at radius 1 is 1.40 bits per heavy atom. The Hall–Kier alpha value is -1.32. The van der Waals surface area contributed by atoms with E-state index in [1.165, 1.54) is 0 Å². The Balaban J connectivity index is 2.81. The molecule has 0 bridgehead atoms. The fourth-order valence-electron chi connectivity index (χ4n) is 1.13. The van der Waals surface area contributed by atoms with Gasteiger partial charge in [-0.15, -0.1) is 0 Å². The summed E-state index contributed by atoms with van der Waals surface area (Å²) in [6, 6.07) is 0. The molecule has 84 valence electrons.